The second-order valence-electron chi connectivity index (χ2n) is 3.65. The number of halogens is 1. The number of ether oxygens (including phenoxy) is 1. The lowest BCUT2D eigenvalue weighted by Crippen LogP contribution is -2.15. The maximum Gasteiger partial charge on any atom is 0.356 e. The predicted octanol–water partition coefficient (Wildman–Crippen LogP) is 2.32. The number of nitrogens with zero attached hydrogens (tertiary/aromatic N) is 2. The largest absolute Gasteiger partial charge is 0.461 e. The summed E-state index contributed by atoms with van der Waals surface area (Å²) in [6, 6.07) is 1.75. The van der Waals surface area contributed by atoms with E-state index in [0.717, 1.165) is 10.2 Å². The molecule has 0 amide bonds. The van der Waals surface area contributed by atoms with Crippen molar-refractivity contribution in [3.63, 3.8) is 0 Å². The lowest BCUT2D eigenvalue weighted by atomic mass is 10.2. The highest BCUT2D eigenvalue weighted by Gasteiger charge is 2.15. The van der Waals surface area contributed by atoms with Crippen LogP contribution in [-0.2, 0) is 11.3 Å². The summed E-state index contributed by atoms with van der Waals surface area (Å²) in [4.78, 5) is 11.6. The van der Waals surface area contributed by atoms with Crippen molar-refractivity contribution in [2.24, 2.45) is 5.92 Å². The van der Waals surface area contributed by atoms with Gasteiger partial charge in [0.25, 0.3) is 0 Å². The topological polar surface area (TPSA) is 44.1 Å². The third-order valence-corrected chi connectivity index (χ3v) is 2.30. The van der Waals surface area contributed by atoms with Gasteiger partial charge in [-0.15, -0.1) is 0 Å². The summed E-state index contributed by atoms with van der Waals surface area (Å²) < 4.78 is 7.49. The Labute approximate surface area is 103 Å². The summed E-state index contributed by atoms with van der Waals surface area (Å²) >= 11 is 2.10. The fraction of sp³-hybridized carbons (Fsp3) is 0.600. The van der Waals surface area contributed by atoms with E-state index in [4.69, 9.17) is 4.74 Å². The molecule has 0 aliphatic carbocycles. The zero-order valence-corrected chi connectivity index (χ0v) is 11.3. The van der Waals surface area contributed by atoms with Crippen LogP contribution >= 0.6 is 22.6 Å². The molecule has 1 aromatic rings. The van der Waals surface area contributed by atoms with E-state index in [1.54, 1.807) is 17.7 Å². The van der Waals surface area contributed by atoms with Crippen LogP contribution in [0, 0.1) is 9.62 Å². The van der Waals surface area contributed by atoms with Crippen LogP contribution in [0.5, 0.6) is 0 Å². The van der Waals surface area contributed by atoms with Gasteiger partial charge in [-0.2, -0.15) is 5.10 Å². The number of carbonyl (C=O) groups is 1. The fourth-order valence-electron chi connectivity index (χ4n) is 1.24. The molecule has 0 radical (unpaired) electrons. The minimum Gasteiger partial charge on any atom is -0.461 e. The lowest BCUT2D eigenvalue weighted by Gasteiger charge is -2.08. The average molecular weight is 322 g/mol. The van der Waals surface area contributed by atoms with Gasteiger partial charge in [-0.3, -0.25) is 4.68 Å². The molecule has 1 rings (SSSR count). The van der Waals surface area contributed by atoms with Crippen LogP contribution in [0.2, 0.25) is 0 Å². The Morgan fingerprint density at radius 2 is 2.33 bits per heavy atom. The molecule has 1 heterocycles. The van der Waals surface area contributed by atoms with Crippen LogP contribution in [-0.4, -0.2) is 22.4 Å². The van der Waals surface area contributed by atoms with Crippen LogP contribution in [0.3, 0.4) is 0 Å². The minimum absolute atomic E-state index is 0.298. The van der Waals surface area contributed by atoms with E-state index in [-0.39, 0.29) is 5.97 Å². The second-order valence-corrected chi connectivity index (χ2v) is 4.75. The van der Waals surface area contributed by atoms with E-state index in [0.29, 0.717) is 18.2 Å². The number of hydrogen-bond acceptors (Lipinski definition) is 3. The van der Waals surface area contributed by atoms with Crippen LogP contribution in [0.4, 0.5) is 0 Å². The Morgan fingerprint density at radius 1 is 1.67 bits per heavy atom. The molecule has 0 aliphatic rings. The van der Waals surface area contributed by atoms with Crippen molar-refractivity contribution < 1.29 is 9.53 Å². The normalized spacial score (nSPS) is 10.7. The zero-order valence-electron chi connectivity index (χ0n) is 9.16. The maximum absolute atomic E-state index is 11.6. The highest BCUT2D eigenvalue weighted by Crippen LogP contribution is 2.11. The molecule has 15 heavy (non-hydrogen) atoms. The first-order valence-corrected chi connectivity index (χ1v) is 6.03. The van der Waals surface area contributed by atoms with Crippen molar-refractivity contribution in [2.45, 2.75) is 27.3 Å². The predicted molar refractivity (Wildman–Crippen MR) is 65.7 cm³/mol. The molecule has 0 saturated heterocycles. The summed E-state index contributed by atoms with van der Waals surface area (Å²) in [5, 5.41) is 4.26. The summed E-state index contributed by atoms with van der Waals surface area (Å²) in [7, 11) is 0. The van der Waals surface area contributed by atoms with Crippen LogP contribution < -0.4 is 0 Å². The molecule has 0 bridgehead atoms. The van der Waals surface area contributed by atoms with Crippen LogP contribution in [0.15, 0.2) is 6.07 Å². The quantitative estimate of drug-likeness (QED) is 0.631. The van der Waals surface area contributed by atoms with Crippen molar-refractivity contribution >= 4 is 28.6 Å². The van der Waals surface area contributed by atoms with E-state index < -0.39 is 0 Å². The molecule has 84 valence electrons. The Bertz CT molecular complexity index is 347. The lowest BCUT2D eigenvalue weighted by molar-refractivity contribution is 0.0511. The van der Waals surface area contributed by atoms with Crippen molar-refractivity contribution in [2.75, 3.05) is 6.61 Å². The van der Waals surface area contributed by atoms with Crippen molar-refractivity contribution in [3.8, 4) is 0 Å². The minimum atomic E-state index is -0.298. The summed E-state index contributed by atoms with van der Waals surface area (Å²) in [5.41, 5.74) is 0.537. The number of carbonyl (C=O) groups excluding carboxylic acids is 1. The third kappa shape index (κ3) is 3.48. The Morgan fingerprint density at radius 3 is 2.87 bits per heavy atom. The van der Waals surface area contributed by atoms with Gasteiger partial charge in [0.2, 0.25) is 0 Å². The molecule has 0 N–H and O–H groups in total. The Hall–Kier alpha value is -0.590. The van der Waals surface area contributed by atoms with Gasteiger partial charge in [-0.1, -0.05) is 13.8 Å². The van der Waals surface area contributed by atoms with Gasteiger partial charge < -0.3 is 4.74 Å². The summed E-state index contributed by atoms with van der Waals surface area (Å²) in [6.07, 6.45) is 0. The highest BCUT2D eigenvalue weighted by molar-refractivity contribution is 14.1. The van der Waals surface area contributed by atoms with Gasteiger partial charge in [0, 0.05) is 12.6 Å². The smallest absolute Gasteiger partial charge is 0.356 e. The van der Waals surface area contributed by atoms with E-state index in [1.165, 1.54) is 0 Å². The van der Waals surface area contributed by atoms with Crippen LogP contribution in [0.1, 0.15) is 31.3 Å². The Balaban J connectivity index is 2.90. The Kier molecular flexibility index (Phi) is 4.56. The number of aromatic nitrogens is 2. The summed E-state index contributed by atoms with van der Waals surface area (Å²) in [6.45, 7) is 7.10. The van der Waals surface area contributed by atoms with E-state index in [9.17, 15) is 4.79 Å². The second kappa shape index (κ2) is 5.48. The monoisotopic (exact) mass is 322 g/mol. The number of rotatable bonds is 4. The maximum atomic E-state index is 11.6. The highest BCUT2D eigenvalue weighted by atomic mass is 127. The first-order valence-electron chi connectivity index (χ1n) is 4.95. The van der Waals surface area contributed by atoms with Crippen molar-refractivity contribution in [1.29, 1.82) is 0 Å². The van der Waals surface area contributed by atoms with E-state index in [2.05, 4.69) is 41.5 Å². The molecule has 0 saturated carbocycles. The zero-order chi connectivity index (χ0) is 11.4. The van der Waals surface area contributed by atoms with Gasteiger partial charge in [-0.05, 0) is 35.4 Å². The number of esters is 1. The van der Waals surface area contributed by atoms with Crippen molar-refractivity contribution in [1.82, 2.24) is 9.78 Å². The number of hydrogen-bond donors (Lipinski definition) is 0. The molecule has 0 unspecified atom stereocenters. The third-order valence-electron chi connectivity index (χ3n) is 1.77. The van der Waals surface area contributed by atoms with E-state index >= 15 is 0 Å². The molecule has 0 atom stereocenters. The van der Waals surface area contributed by atoms with Crippen LogP contribution in [0.25, 0.3) is 0 Å². The molecule has 4 nitrogen and oxygen atoms in total. The van der Waals surface area contributed by atoms with Gasteiger partial charge >= 0.3 is 5.97 Å². The molecular formula is C10H15IN2O2. The van der Waals surface area contributed by atoms with E-state index in [1.807, 2.05) is 0 Å². The van der Waals surface area contributed by atoms with Gasteiger partial charge in [0.15, 0.2) is 0 Å². The molecule has 5 heteroatoms. The van der Waals surface area contributed by atoms with Gasteiger partial charge in [0.05, 0.1) is 6.61 Å². The van der Waals surface area contributed by atoms with Crippen molar-refractivity contribution in [3.05, 3.63) is 15.5 Å². The fourth-order valence-corrected chi connectivity index (χ4v) is 1.80. The molecule has 0 aliphatic heterocycles. The average Bonchev–Trinajstić information content (AvgIpc) is 2.46. The molecule has 0 fully saturated rings. The summed E-state index contributed by atoms with van der Waals surface area (Å²) in [5.74, 6) is 0.155. The molecule has 0 spiro atoms. The molecule has 1 aromatic heterocycles. The SMILES string of the molecule is CCOC(=O)c1cc(I)nn1CC(C)C. The first-order chi connectivity index (χ1) is 7.04. The van der Waals surface area contributed by atoms with Gasteiger partial charge in [-0.25, -0.2) is 4.79 Å². The molecule has 0 aromatic carbocycles. The standard InChI is InChI=1S/C10H15IN2O2/c1-4-15-10(14)8-5-9(11)12-13(8)6-7(2)3/h5,7H,4,6H2,1-3H3. The first kappa shape index (κ1) is 12.5. The molecular weight excluding hydrogens is 307 g/mol. The van der Waals surface area contributed by atoms with Gasteiger partial charge in [0.1, 0.15) is 9.39 Å².